The molecule has 1 saturated heterocycles. The van der Waals surface area contributed by atoms with Crippen molar-refractivity contribution < 1.29 is 14.4 Å². The molecule has 110 valence electrons. The summed E-state index contributed by atoms with van der Waals surface area (Å²) in [5.41, 5.74) is 0. The second-order valence-corrected chi connectivity index (χ2v) is 4.38. The van der Waals surface area contributed by atoms with Crippen LogP contribution < -0.4 is 10.6 Å². The van der Waals surface area contributed by atoms with Crippen LogP contribution in [0, 0.1) is 0 Å². The SMILES string of the molecule is CCN[C@H](C)CNC(=O)CN1C(=O)CN(C)C1=O.Cl. The zero-order valence-corrected chi connectivity index (χ0v) is 12.2. The summed E-state index contributed by atoms with van der Waals surface area (Å²) in [6.45, 7) is 5.06. The Morgan fingerprint density at radius 1 is 1.42 bits per heavy atom. The number of nitrogens with zero attached hydrogens (tertiary/aromatic N) is 2. The van der Waals surface area contributed by atoms with Gasteiger partial charge in [-0.15, -0.1) is 12.4 Å². The molecule has 0 aromatic heterocycles. The Labute approximate surface area is 119 Å². The largest absolute Gasteiger partial charge is 0.353 e. The van der Waals surface area contributed by atoms with E-state index in [-0.39, 0.29) is 43.4 Å². The molecular formula is C11H21ClN4O3. The lowest BCUT2D eigenvalue weighted by Gasteiger charge is -2.16. The lowest BCUT2D eigenvalue weighted by atomic mass is 10.3. The van der Waals surface area contributed by atoms with Gasteiger partial charge in [-0.2, -0.15) is 0 Å². The average molecular weight is 293 g/mol. The monoisotopic (exact) mass is 292 g/mol. The quantitative estimate of drug-likeness (QED) is 0.642. The minimum absolute atomic E-state index is 0. The minimum Gasteiger partial charge on any atom is -0.353 e. The number of amides is 4. The van der Waals surface area contributed by atoms with Crippen molar-refractivity contribution in [1.82, 2.24) is 20.4 Å². The first-order chi connectivity index (χ1) is 8.45. The molecule has 1 aliphatic rings. The molecular weight excluding hydrogens is 272 g/mol. The van der Waals surface area contributed by atoms with Gasteiger partial charge in [-0.3, -0.25) is 14.5 Å². The van der Waals surface area contributed by atoms with Crippen molar-refractivity contribution in [3.8, 4) is 0 Å². The van der Waals surface area contributed by atoms with Gasteiger partial charge in [0.25, 0.3) is 5.91 Å². The van der Waals surface area contributed by atoms with Gasteiger partial charge in [-0.25, -0.2) is 4.79 Å². The molecule has 2 N–H and O–H groups in total. The molecule has 1 fully saturated rings. The highest BCUT2D eigenvalue weighted by Crippen LogP contribution is 2.06. The van der Waals surface area contributed by atoms with Crippen LogP contribution in [0.4, 0.5) is 4.79 Å². The first-order valence-electron chi connectivity index (χ1n) is 6.01. The van der Waals surface area contributed by atoms with Crippen molar-refractivity contribution in [2.24, 2.45) is 0 Å². The maximum atomic E-state index is 11.6. The maximum absolute atomic E-state index is 11.6. The second kappa shape index (κ2) is 7.96. The van der Waals surface area contributed by atoms with E-state index in [2.05, 4.69) is 10.6 Å². The van der Waals surface area contributed by atoms with E-state index in [9.17, 15) is 14.4 Å². The number of hydrogen-bond donors (Lipinski definition) is 2. The lowest BCUT2D eigenvalue weighted by Crippen LogP contribution is -2.44. The maximum Gasteiger partial charge on any atom is 0.327 e. The molecule has 0 aliphatic carbocycles. The van der Waals surface area contributed by atoms with Gasteiger partial charge in [0, 0.05) is 19.6 Å². The standard InChI is InChI=1S/C11H20N4O3.ClH/c1-4-12-8(2)5-13-9(16)6-15-10(17)7-14(3)11(15)18;/h8,12H,4-7H2,1-3H3,(H,13,16);1H/t8-;/m1./s1. The summed E-state index contributed by atoms with van der Waals surface area (Å²) in [4.78, 5) is 36.8. The van der Waals surface area contributed by atoms with Crippen LogP contribution in [0.3, 0.4) is 0 Å². The summed E-state index contributed by atoms with van der Waals surface area (Å²) in [6, 6.07) is -0.263. The molecule has 0 unspecified atom stereocenters. The van der Waals surface area contributed by atoms with E-state index < -0.39 is 6.03 Å². The fraction of sp³-hybridized carbons (Fsp3) is 0.727. The van der Waals surface area contributed by atoms with Gasteiger partial charge in [0.1, 0.15) is 13.1 Å². The molecule has 1 heterocycles. The Morgan fingerprint density at radius 2 is 2.05 bits per heavy atom. The van der Waals surface area contributed by atoms with E-state index in [1.165, 1.54) is 11.9 Å². The van der Waals surface area contributed by atoms with Crippen molar-refractivity contribution in [2.75, 3.05) is 33.2 Å². The smallest absolute Gasteiger partial charge is 0.327 e. The fourth-order valence-corrected chi connectivity index (χ4v) is 1.71. The Kier molecular flexibility index (Phi) is 7.40. The highest BCUT2D eigenvalue weighted by atomic mass is 35.5. The summed E-state index contributed by atoms with van der Waals surface area (Å²) in [5.74, 6) is -0.658. The summed E-state index contributed by atoms with van der Waals surface area (Å²) in [5, 5.41) is 5.83. The van der Waals surface area contributed by atoms with E-state index in [4.69, 9.17) is 0 Å². The van der Waals surface area contributed by atoms with Crippen LogP contribution in [0.2, 0.25) is 0 Å². The van der Waals surface area contributed by atoms with Gasteiger partial charge >= 0.3 is 6.03 Å². The van der Waals surface area contributed by atoms with Crippen LogP contribution >= 0.6 is 12.4 Å². The molecule has 0 radical (unpaired) electrons. The Bertz CT molecular complexity index is 351. The predicted octanol–water partition coefficient (Wildman–Crippen LogP) is -0.584. The number of halogens is 1. The van der Waals surface area contributed by atoms with Gasteiger partial charge in [0.05, 0.1) is 0 Å². The Hall–Kier alpha value is -1.34. The summed E-state index contributed by atoms with van der Waals surface area (Å²) < 4.78 is 0. The van der Waals surface area contributed by atoms with Crippen molar-refractivity contribution >= 4 is 30.3 Å². The number of carbonyl (C=O) groups excluding carboxylic acids is 3. The number of nitrogens with one attached hydrogen (secondary N) is 2. The number of imide groups is 1. The molecule has 7 nitrogen and oxygen atoms in total. The third kappa shape index (κ3) is 5.04. The average Bonchev–Trinajstić information content (AvgIpc) is 2.54. The summed E-state index contributed by atoms with van der Waals surface area (Å²) >= 11 is 0. The van der Waals surface area contributed by atoms with Crippen molar-refractivity contribution in [3.63, 3.8) is 0 Å². The highest BCUT2D eigenvalue weighted by Gasteiger charge is 2.34. The van der Waals surface area contributed by atoms with Crippen molar-refractivity contribution in [2.45, 2.75) is 19.9 Å². The molecule has 0 aromatic rings. The van der Waals surface area contributed by atoms with Crippen LogP contribution in [0.25, 0.3) is 0 Å². The van der Waals surface area contributed by atoms with Crippen LogP contribution in [-0.2, 0) is 9.59 Å². The fourth-order valence-electron chi connectivity index (χ4n) is 1.71. The van der Waals surface area contributed by atoms with Gasteiger partial charge in [-0.05, 0) is 13.5 Å². The van der Waals surface area contributed by atoms with Gasteiger partial charge in [0.15, 0.2) is 0 Å². The van der Waals surface area contributed by atoms with Crippen LogP contribution in [0.5, 0.6) is 0 Å². The molecule has 0 saturated carbocycles. The third-order valence-corrected chi connectivity index (χ3v) is 2.69. The number of urea groups is 1. The lowest BCUT2D eigenvalue weighted by molar-refractivity contribution is -0.130. The molecule has 1 atom stereocenters. The second-order valence-electron chi connectivity index (χ2n) is 4.38. The summed E-state index contributed by atoms with van der Waals surface area (Å²) in [6.07, 6.45) is 0. The number of hydrogen-bond acceptors (Lipinski definition) is 4. The Balaban J connectivity index is 0.00000324. The van der Waals surface area contributed by atoms with E-state index >= 15 is 0 Å². The predicted molar refractivity (Wildman–Crippen MR) is 73.1 cm³/mol. The molecule has 4 amide bonds. The van der Waals surface area contributed by atoms with Crippen LogP contribution in [0.15, 0.2) is 0 Å². The first-order valence-corrected chi connectivity index (χ1v) is 6.01. The minimum atomic E-state index is -0.421. The topological polar surface area (TPSA) is 81.8 Å². The van der Waals surface area contributed by atoms with Gasteiger partial charge in [-0.1, -0.05) is 6.92 Å². The van der Waals surface area contributed by atoms with Gasteiger partial charge < -0.3 is 15.5 Å². The molecule has 1 aliphatic heterocycles. The normalized spacial score (nSPS) is 16.4. The zero-order valence-electron chi connectivity index (χ0n) is 11.4. The van der Waals surface area contributed by atoms with Crippen molar-refractivity contribution in [1.29, 1.82) is 0 Å². The van der Waals surface area contributed by atoms with E-state index in [1.54, 1.807) is 0 Å². The first kappa shape index (κ1) is 17.7. The third-order valence-electron chi connectivity index (χ3n) is 2.69. The summed E-state index contributed by atoms with van der Waals surface area (Å²) in [7, 11) is 1.53. The highest BCUT2D eigenvalue weighted by molar-refractivity contribution is 6.04. The number of rotatable bonds is 6. The molecule has 0 bridgehead atoms. The van der Waals surface area contributed by atoms with Crippen molar-refractivity contribution in [3.05, 3.63) is 0 Å². The Morgan fingerprint density at radius 3 is 2.53 bits per heavy atom. The number of likely N-dealkylation sites (N-methyl/N-ethyl adjacent to an activating group) is 2. The molecule has 0 spiro atoms. The molecule has 8 heteroatoms. The van der Waals surface area contributed by atoms with E-state index in [0.717, 1.165) is 11.4 Å². The molecule has 19 heavy (non-hydrogen) atoms. The number of carbonyl (C=O) groups is 3. The van der Waals surface area contributed by atoms with E-state index in [1.807, 2.05) is 13.8 Å². The van der Waals surface area contributed by atoms with Gasteiger partial charge in [0.2, 0.25) is 5.91 Å². The molecule has 1 rings (SSSR count). The molecule has 0 aromatic carbocycles. The van der Waals surface area contributed by atoms with E-state index in [0.29, 0.717) is 6.54 Å². The van der Waals surface area contributed by atoms with Crippen LogP contribution in [0.1, 0.15) is 13.8 Å². The zero-order chi connectivity index (χ0) is 13.7. The van der Waals surface area contributed by atoms with Crippen LogP contribution in [-0.4, -0.2) is 66.9 Å².